The normalized spacial score (nSPS) is 16.5. The smallest absolute Gasteiger partial charge is 0.326 e. The molecule has 0 saturated carbocycles. The zero-order valence-corrected chi connectivity index (χ0v) is 41.7. The summed E-state index contributed by atoms with van der Waals surface area (Å²) in [6.45, 7) is 12.9. The number of carbonyl (C=O) groups excluding carboxylic acids is 8. The SMILES string of the molecule is CC(C)C[C@H](NC(=O)[C@H](CO)NC(=O)[C@H](CC(C)C)NC(=O)[C@@H](N)Cc1cnc[nH]1)C(=O)N[C@@H](CCCN=C(N)N)C(=O)NCC(=O)N[C@@H](CC(C)C)C(=O)N1CCC[C@H]1C(=O)N[C@H](C(=O)O)C(C)C. The number of aliphatic hydroxyl groups excluding tert-OH is 1. The van der Waals surface area contributed by atoms with Crippen LogP contribution in [0.4, 0.5) is 0 Å². The number of carboxylic acids is 1. The summed E-state index contributed by atoms with van der Waals surface area (Å²) in [5.74, 6) is -8.07. The summed E-state index contributed by atoms with van der Waals surface area (Å²) < 4.78 is 0. The summed E-state index contributed by atoms with van der Waals surface area (Å²) in [6, 6.07) is -9.55. The first-order chi connectivity index (χ1) is 32.8. The monoisotopic (exact) mass is 991 g/mol. The van der Waals surface area contributed by atoms with E-state index in [0.29, 0.717) is 18.5 Å². The third kappa shape index (κ3) is 20.7. The molecule has 1 aliphatic rings. The van der Waals surface area contributed by atoms with Crippen LogP contribution in [0.3, 0.4) is 0 Å². The predicted molar refractivity (Wildman–Crippen MR) is 257 cm³/mol. The van der Waals surface area contributed by atoms with Crippen molar-refractivity contribution in [1.82, 2.24) is 52.1 Å². The molecule has 2 heterocycles. The van der Waals surface area contributed by atoms with Gasteiger partial charge in [0, 0.05) is 31.4 Å². The summed E-state index contributed by atoms with van der Waals surface area (Å²) in [4.78, 5) is 132. The molecule has 0 aliphatic carbocycles. The second-order valence-electron chi connectivity index (χ2n) is 19.2. The summed E-state index contributed by atoms with van der Waals surface area (Å²) in [7, 11) is 0. The van der Waals surface area contributed by atoms with Crippen LogP contribution >= 0.6 is 0 Å². The molecule has 8 amide bonds. The number of aliphatic carboxylic acids is 1. The number of nitrogens with one attached hydrogen (secondary N) is 8. The Morgan fingerprint density at radius 3 is 1.81 bits per heavy atom. The number of aliphatic imine (C=N–C) groups is 1. The molecule has 1 aromatic heterocycles. The van der Waals surface area contributed by atoms with Crippen molar-refractivity contribution in [2.75, 3.05) is 26.2 Å². The molecular formula is C45H78N14O11. The van der Waals surface area contributed by atoms with Gasteiger partial charge >= 0.3 is 5.97 Å². The van der Waals surface area contributed by atoms with Crippen molar-refractivity contribution in [3.05, 3.63) is 18.2 Å². The number of imidazole rings is 1. The van der Waals surface area contributed by atoms with Gasteiger partial charge < -0.3 is 74.5 Å². The lowest BCUT2D eigenvalue weighted by molar-refractivity contribution is -0.145. The van der Waals surface area contributed by atoms with Crippen molar-refractivity contribution < 1.29 is 53.4 Å². The second-order valence-corrected chi connectivity index (χ2v) is 19.2. The number of amides is 8. The Morgan fingerprint density at radius 2 is 1.30 bits per heavy atom. The molecule has 8 atom stereocenters. The van der Waals surface area contributed by atoms with E-state index in [1.165, 1.54) is 17.4 Å². The lowest BCUT2D eigenvalue weighted by Gasteiger charge is -2.30. The van der Waals surface area contributed by atoms with Crippen LogP contribution < -0.4 is 54.4 Å². The molecule has 16 N–H and O–H groups in total. The minimum atomic E-state index is -1.56. The minimum Gasteiger partial charge on any atom is -0.480 e. The lowest BCUT2D eigenvalue weighted by Crippen LogP contribution is -2.60. The summed E-state index contributed by atoms with van der Waals surface area (Å²) >= 11 is 0. The van der Waals surface area contributed by atoms with E-state index in [9.17, 15) is 53.4 Å². The molecule has 1 aliphatic heterocycles. The van der Waals surface area contributed by atoms with E-state index in [0.717, 1.165) is 0 Å². The van der Waals surface area contributed by atoms with Gasteiger partial charge in [0.1, 0.15) is 42.3 Å². The maximum absolute atomic E-state index is 14.0. The zero-order valence-electron chi connectivity index (χ0n) is 41.7. The van der Waals surface area contributed by atoms with Gasteiger partial charge in [0.15, 0.2) is 5.96 Å². The highest BCUT2D eigenvalue weighted by molar-refractivity contribution is 5.97. The van der Waals surface area contributed by atoms with Gasteiger partial charge in [0.05, 0.1) is 25.5 Å². The third-order valence-electron chi connectivity index (χ3n) is 11.2. The number of guanidine groups is 1. The summed E-state index contributed by atoms with van der Waals surface area (Å²) in [6.07, 6.45) is 4.37. The number of H-pyrrole nitrogens is 1. The van der Waals surface area contributed by atoms with Crippen molar-refractivity contribution in [2.45, 2.75) is 155 Å². The Hall–Kier alpha value is -6.37. The fourth-order valence-corrected chi connectivity index (χ4v) is 7.69. The number of aromatic nitrogens is 2. The van der Waals surface area contributed by atoms with Crippen LogP contribution in [0.25, 0.3) is 0 Å². The Morgan fingerprint density at radius 1 is 0.757 bits per heavy atom. The maximum Gasteiger partial charge on any atom is 0.326 e. The van der Waals surface area contributed by atoms with E-state index in [4.69, 9.17) is 17.2 Å². The Kier molecular flexibility index (Phi) is 25.3. The van der Waals surface area contributed by atoms with E-state index in [2.05, 4.69) is 52.2 Å². The largest absolute Gasteiger partial charge is 0.480 e. The number of aromatic amines is 1. The number of hydrogen-bond donors (Lipinski definition) is 13. The van der Waals surface area contributed by atoms with Crippen molar-refractivity contribution in [3.63, 3.8) is 0 Å². The number of carboxylic acid groups (broad SMARTS) is 1. The molecule has 2 rings (SSSR count). The highest BCUT2D eigenvalue weighted by Crippen LogP contribution is 2.21. The van der Waals surface area contributed by atoms with Crippen LogP contribution in [0.1, 0.15) is 106 Å². The van der Waals surface area contributed by atoms with E-state index in [1.54, 1.807) is 27.7 Å². The number of aliphatic hydroxyl groups is 1. The van der Waals surface area contributed by atoms with E-state index in [1.807, 2.05) is 27.7 Å². The van der Waals surface area contributed by atoms with Gasteiger partial charge in [-0.15, -0.1) is 0 Å². The molecule has 0 radical (unpaired) electrons. The number of hydrogen-bond acceptors (Lipinski definition) is 13. The standard InChI is InChI=1S/C45H78N14O11/c1-23(2)15-30(55-37(62)28(46)18-27-19-49-22-52-27)40(65)57-33(21-60)41(66)56-31(16-24(3)4)39(64)54-29(11-9-13-50-45(47)48)38(63)51-20-35(61)53-32(17-25(5)6)43(68)59-14-10-12-34(59)42(67)58-36(26(7)8)44(69)70/h19,22-26,28-34,36,60H,9-18,20-21,46H2,1-8H3,(H,49,52)(H,51,63)(H,53,61)(H,54,64)(H,55,62)(H,56,66)(H,57,65)(H,58,67)(H,69,70)(H4,47,48,50)/t28-,29-,30-,31-,32-,33-,34-,36-/m0/s1. The molecule has 1 fully saturated rings. The Bertz CT molecular complexity index is 1940. The van der Waals surface area contributed by atoms with Gasteiger partial charge in [-0.25, -0.2) is 9.78 Å². The van der Waals surface area contributed by atoms with Crippen LogP contribution in [0.2, 0.25) is 0 Å². The second kappa shape index (κ2) is 29.6. The number of nitrogens with zero attached hydrogens (tertiary/aromatic N) is 3. The molecule has 0 bridgehead atoms. The van der Waals surface area contributed by atoms with Gasteiger partial charge in [0.25, 0.3) is 0 Å². The van der Waals surface area contributed by atoms with Crippen LogP contribution in [0.15, 0.2) is 17.5 Å². The molecular weight excluding hydrogens is 913 g/mol. The fourth-order valence-electron chi connectivity index (χ4n) is 7.69. The number of carbonyl (C=O) groups is 9. The first-order valence-corrected chi connectivity index (χ1v) is 23.9. The van der Waals surface area contributed by atoms with Crippen LogP contribution in [0.5, 0.6) is 0 Å². The lowest BCUT2D eigenvalue weighted by atomic mass is 10.0. The molecule has 25 nitrogen and oxygen atoms in total. The van der Waals surface area contributed by atoms with E-state index in [-0.39, 0.29) is 75.3 Å². The topological polar surface area (TPSA) is 401 Å². The van der Waals surface area contributed by atoms with Gasteiger partial charge in [-0.3, -0.25) is 43.3 Å². The maximum atomic E-state index is 14.0. The summed E-state index contributed by atoms with van der Waals surface area (Å²) in [5.41, 5.74) is 17.6. The number of rotatable bonds is 30. The highest BCUT2D eigenvalue weighted by atomic mass is 16.4. The summed E-state index contributed by atoms with van der Waals surface area (Å²) in [5, 5.41) is 37.8. The minimum absolute atomic E-state index is 0.0332. The molecule has 0 aromatic carbocycles. The Labute approximate surface area is 409 Å². The van der Waals surface area contributed by atoms with Gasteiger partial charge in [-0.2, -0.15) is 0 Å². The van der Waals surface area contributed by atoms with Gasteiger partial charge in [0.2, 0.25) is 47.3 Å². The number of nitrogens with two attached hydrogens (primary N) is 3. The van der Waals surface area contributed by atoms with Crippen molar-refractivity contribution >= 4 is 59.2 Å². The molecule has 25 heteroatoms. The van der Waals surface area contributed by atoms with Crippen molar-refractivity contribution in [3.8, 4) is 0 Å². The first kappa shape index (κ1) is 59.8. The van der Waals surface area contributed by atoms with Crippen molar-refractivity contribution in [1.29, 1.82) is 0 Å². The molecule has 1 aromatic rings. The molecule has 394 valence electrons. The average molecular weight is 991 g/mol. The fraction of sp³-hybridized carbons (Fsp3) is 0.711. The molecule has 0 unspecified atom stereocenters. The molecule has 0 spiro atoms. The molecule has 70 heavy (non-hydrogen) atoms. The van der Waals surface area contributed by atoms with Crippen molar-refractivity contribution in [2.24, 2.45) is 45.9 Å². The first-order valence-electron chi connectivity index (χ1n) is 23.9. The zero-order chi connectivity index (χ0) is 52.8. The van der Waals surface area contributed by atoms with Gasteiger partial charge in [-0.05, 0) is 68.6 Å². The number of likely N-dealkylation sites (tertiary alicyclic amines) is 1. The van der Waals surface area contributed by atoms with E-state index < -0.39 is 121 Å². The van der Waals surface area contributed by atoms with Crippen LogP contribution in [-0.4, -0.2) is 159 Å². The third-order valence-corrected chi connectivity index (χ3v) is 11.2. The average Bonchev–Trinajstić information content (AvgIpc) is 3.98. The highest BCUT2D eigenvalue weighted by Gasteiger charge is 2.40. The van der Waals surface area contributed by atoms with Gasteiger partial charge in [-0.1, -0.05) is 55.4 Å². The van der Waals surface area contributed by atoms with Crippen LogP contribution in [0, 0.1) is 23.7 Å². The quantitative estimate of drug-likeness (QED) is 0.0211. The van der Waals surface area contributed by atoms with E-state index >= 15 is 0 Å². The Balaban J connectivity index is 2.22. The predicted octanol–water partition coefficient (Wildman–Crippen LogP) is -2.78. The van der Waals surface area contributed by atoms with Crippen LogP contribution in [-0.2, 0) is 49.6 Å². The molecule has 1 saturated heterocycles.